The molecule has 1 aliphatic rings. The molecule has 0 radical (unpaired) electrons. The summed E-state index contributed by atoms with van der Waals surface area (Å²) >= 11 is 0. The zero-order valence-electron chi connectivity index (χ0n) is 24.7. The van der Waals surface area contributed by atoms with Gasteiger partial charge in [0.05, 0.1) is 0 Å². The Morgan fingerprint density at radius 3 is 2.23 bits per heavy atom. The second-order valence-corrected chi connectivity index (χ2v) is 11.9. The Kier molecular flexibility index (Phi) is 10.6. The number of nitrogens with one attached hydrogen (secondary N) is 2. The van der Waals surface area contributed by atoms with Gasteiger partial charge in [-0.3, -0.25) is 9.59 Å². The van der Waals surface area contributed by atoms with Crippen molar-refractivity contribution < 1.29 is 24.2 Å². The van der Waals surface area contributed by atoms with E-state index < -0.39 is 23.8 Å². The lowest BCUT2D eigenvalue weighted by Gasteiger charge is -2.35. The van der Waals surface area contributed by atoms with Gasteiger partial charge in [-0.2, -0.15) is 0 Å². The molecule has 218 valence electrons. The van der Waals surface area contributed by atoms with Crippen LogP contribution in [0.4, 0.5) is 4.79 Å². The van der Waals surface area contributed by atoms with Crippen molar-refractivity contribution in [1.82, 2.24) is 15.5 Å². The number of phenolic OH excluding ortho intramolecular Hbond substituents is 1. The summed E-state index contributed by atoms with van der Waals surface area (Å²) in [6.07, 6.45) is 3.15. The highest BCUT2D eigenvalue weighted by Gasteiger charge is 2.48. The molecule has 3 rings (SSSR count). The quantitative estimate of drug-likeness (QED) is 0.305. The van der Waals surface area contributed by atoms with Crippen LogP contribution in [-0.2, 0) is 20.7 Å². The van der Waals surface area contributed by atoms with Crippen LogP contribution in [0.2, 0.25) is 0 Å². The van der Waals surface area contributed by atoms with Crippen LogP contribution >= 0.6 is 0 Å². The number of aryl methyl sites for hydroxylation is 1. The normalized spacial score (nSPS) is 17.9. The number of unbranched alkanes of at least 4 members (excludes halogenated alkanes) is 2. The fraction of sp³-hybridized carbons (Fsp3) is 0.531. The smallest absolute Gasteiger partial charge is 0.408 e. The number of carbonyl (C=O) groups is 3. The highest BCUT2D eigenvalue weighted by Crippen LogP contribution is 2.41. The summed E-state index contributed by atoms with van der Waals surface area (Å²) in [5, 5.41) is 15.6. The molecule has 0 bridgehead atoms. The summed E-state index contributed by atoms with van der Waals surface area (Å²) in [6.45, 7) is 12.0. The summed E-state index contributed by atoms with van der Waals surface area (Å²) in [5.41, 5.74) is 1.79. The van der Waals surface area contributed by atoms with Crippen LogP contribution in [0.5, 0.6) is 5.75 Å². The van der Waals surface area contributed by atoms with E-state index in [1.807, 2.05) is 31.2 Å². The van der Waals surface area contributed by atoms with Gasteiger partial charge in [-0.25, -0.2) is 4.79 Å². The van der Waals surface area contributed by atoms with Crippen molar-refractivity contribution in [3.8, 4) is 5.75 Å². The fourth-order valence-corrected chi connectivity index (χ4v) is 4.74. The summed E-state index contributed by atoms with van der Waals surface area (Å²) in [5.74, 6) is -0.240. The number of benzene rings is 2. The van der Waals surface area contributed by atoms with Gasteiger partial charge < -0.3 is 25.4 Å². The van der Waals surface area contributed by atoms with E-state index in [1.54, 1.807) is 49.9 Å². The monoisotopic (exact) mass is 551 g/mol. The zero-order chi connectivity index (χ0) is 29.4. The summed E-state index contributed by atoms with van der Waals surface area (Å²) in [6, 6.07) is 12.3. The molecular formula is C32H45N3O5. The Hall–Kier alpha value is -3.55. The Labute approximate surface area is 238 Å². The van der Waals surface area contributed by atoms with E-state index in [2.05, 4.69) is 24.5 Å². The highest BCUT2D eigenvalue weighted by molar-refractivity contribution is 5.92. The molecule has 40 heavy (non-hydrogen) atoms. The molecule has 2 aromatic rings. The van der Waals surface area contributed by atoms with Crippen LogP contribution in [0.3, 0.4) is 0 Å². The predicted molar refractivity (Wildman–Crippen MR) is 156 cm³/mol. The molecule has 8 nitrogen and oxygen atoms in total. The number of alkyl carbamates (subject to hydrolysis) is 1. The van der Waals surface area contributed by atoms with E-state index in [9.17, 15) is 19.5 Å². The molecule has 1 fully saturated rings. The molecule has 3 N–H and O–H groups in total. The Bertz CT molecular complexity index is 1140. The standard InChI is InChI=1S/C32H45N3O5/c1-7-8-9-18-33-29(37)28(24-14-10-21(2)11-15-24)35(27-19-22(27)3)30(38)26(34-31(39)40-32(4,5)6)20-23-12-16-25(36)17-13-23/h10-17,22,26-28,36H,7-9,18-20H2,1-6H3,(H,33,37)(H,34,39). The summed E-state index contributed by atoms with van der Waals surface area (Å²) < 4.78 is 5.49. The highest BCUT2D eigenvalue weighted by atomic mass is 16.6. The largest absolute Gasteiger partial charge is 0.508 e. The first kappa shape index (κ1) is 31.0. The topological polar surface area (TPSA) is 108 Å². The lowest BCUT2D eigenvalue weighted by molar-refractivity contribution is -0.143. The molecule has 8 heteroatoms. The van der Waals surface area contributed by atoms with Crippen molar-refractivity contribution in [2.45, 2.75) is 97.4 Å². The Morgan fingerprint density at radius 1 is 1.05 bits per heavy atom. The maximum absolute atomic E-state index is 14.4. The Morgan fingerprint density at radius 2 is 1.68 bits per heavy atom. The van der Waals surface area contributed by atoms with Crippen molar-refractivity contribution in [2.75, 3.05) is 6.54 Å². The number of ether oxygens (including phenoxy) is 1. The minimum atomic E-state index is -0.979. The van der Waals surface area contributed by atoms with Gasteiger partial charge >= 0.3 is 6.09 Å². The number of hydrogen-bond donors (Lipinski definition) is 3. The van der Waals surface area contributed by atoms with E-state index in [1.165, 1.54) is 0 Å². The maximum atomic E-state index is 14.4. The average molecular weight is 552 g/mol. The first-order chi connectivity index (χ1) is 18.9. The molecule has 4 unspecified atom stereocenters. The molecule has 0 aliphatic heterocycles. The SMILES string of the molecule is CCCCCNC(=O)C(c1ccc(C)cc1)N(C(=O)C(Cc1ccc(O)cc1)NC(=O)OC(C)(C)C)C1CC1C. The van der Waals surface area contributed by atoms with E-state index in [0.29, 0.717) is 6.54 Å². The summed E-state index contributed by atoms with van der Waals surface area (Å²) in [7, 11) is 0. The number of amides is 3. The van der Waals surface area contributed by atoms with Gasteiger partial charge in [-0.05, 0) is 69.7 Å². The van der Waals surface area contributed by atoms with E-state index in [0.717, 1.165) is 42.4 Å². The number of rotatable bonds is 12. The van der Waals surface area contributed by atoms with Crippen molar-refractivity contribution in [1.29, 1.82) is 0 Å². The minimum absolute atomic E-state index is 0.110. The maximum Gasteiger partial charge on any atom is 0.408 e. The molecule has 1 saturated carbocycles. The number of hydrogen-bond acceptors (Lipinski definition) is 5. The lowest BCUT2D eigenvalue weighted by Crippen LogP contribution is -2.54. The Balaban J connectivity index is 1.99. The van der Waals surface area contributed by atoms with Crippen molar-refractivity contribution in [2.24, 2.45) is 5.92 Å². The molecular weight excluding hydrogens is 506 g/mol. The molecule has 0 spiro atoms. The summed E-state index contributed by atoms with van der Waals surface area (Å²) in [4.78, 5) is 42.7. The van der Waals surface area contributed by atoms with Crippen molar-refractivity contribution in [3.63, 3.8) is 0 Å². The molecule has 0 aromatic heterocycles. The molecule has 1 aliphatic carbocycles. The van der Waals surface area contributed by atoms with Gasteiger partial charge in [-0.15, -0.1) is 0 Å². The van der Waals surface area contributed by atoms with Crippen LogP contribution in [0.15, 0.2) is 48.5 Å². The second kappa shape index (κ2) is 13.7. The lowest BCUT2D eigenvalue weighted by atomic mass is 9.99. The molecule has 2 aromatic carbocycles. The van der Waals surface area contributed by atoms with Crippen LogP contribution in [0, 0.1) is 12.8 Å². The van der Waals surface area contributed by atoms with Crippen LogP contribution in [0.1, 0.15) is 83.0 Å². The van der Waals surface area contributed by atoms with Gasteiger partial charge in [-0.1, -0.05) is 68.7 Å². The van der Waals surface area contributed by atoms with Gasteiger partial charge in [0.1, 0.15) is 23.4 Å². The minimum Gasteiger partial charge on any atom is -0.508 e. The van der Waals surface area contributed by atoms with Gasteiger partial charge in [0.25, 0.3) is 0 Å². The zero-order valence-corrected chi connectivity index (χ0v) is 24.7. The van der Waals surface area contributed by atoms with Crippen LogP contribution < -0.4 is 10.6 Å². The number of aromatic hydroxyl groups is 1. The third-order valence-corrected chi connectivity index (χ3v) is 7.04. The first-order valence-electron chi connectivity index (χ1n) is 14.3. The molecule has 3 amide bonds. The van der Waals surface area contributed by atoms with Crippen molar-refractivity contribution in [3.05, 3.63) is 65.2 Å². The van der Waals surface area contributed by atoms with E-state index in [-0.39, 0.29) is 35.9 Å². The van der Waals surface area contributed by atoms with E-state index >= 15 is 0 Å². The molecule has 0 saturated heterocycles. The number of carbonyl (C=O) groups excluding carboxylic acids is 3. The average Bonchev–Trinajstić information content (AvgIpc) is 3.60. The van der Waals surface area contributed by atoms with Crippen LogP contribution in [0.25, 0.3) is 0 Å². The third-order valence-electron chi connectivity index (χ3n) is 7.04. The van der Waals surface area contributed by atoms with Gasteiger partial charge in [0.2, 0.25) is 11.8 Å². The number of phenols is 1. The fourth-order valence-electron chi connectivity index (χ4n) is 4.74. The van der Waals surface area contributed by atoms with E-state index in [4.69, 9.17) is 4.74 Å². The first-order valence-corrected chi connectivity index (χ1v) is 14.3. The molecule has 4 atom stereocenters. The number of nitrogens with zero attached hydrogens (tertiary/aromatic N) is 1. The molecule has 0 heterocycles. The van der Waals surface area contributed by atoms with Gasteiger partial charge in [0, 0.05) is 19.0 Å². The van der Waals surface area contributed by atoms with Crippen LogP contribution in [-0.4, -0.2) is 52.1 Å². The van der Waals surface area contributed by atoms with Gasteiger partial charge in [0.15, 0.2) is 0 Å². The predicted octanol–water partition coefficient (Wildman–Crippen LogP) is 5.42. The second-order valence-electron chi connectivity index (χ2n) is 11.9. The third kappa shape index (κ3) is 9.00. The van der Waals surface area contributed by atoms with Crippen molar-refractivity contribution >= 4 is 17.9 Å².